The Morgan fingerprint density at radius 3 is 2.85 bits per heavy atom. The molecule has 2 heterocycles. The van der Waals surface area contributed by atoms with Crippen molar-refractivity contribution in [3.63, 3.8) is 0 Å². The molecule has 0 amide bonds. The minimum atomic E-state index is 0.623. The van der Waals surface area contributed by atoms with E-state index in [1.165, 1.54) is 0 Å². The highest BCUT2D eigenvalue weighted by Gasteiger charge is 2.06. The Bertz CT molecular complexity index is 688. The summed E-state index contributed by atoms with van der Waals surface area (Å²) in [5, 5.41) is 3.33. The number of furan rings is 1. The van der Waals surface area contributed by atoms with Crippen LogP contribution in [0.5, 0.6) is 0 Å². The summed E-state index contributed by atoms with van der Waals surface area (Å²) in [7, 11) is 0. The molecule has 0 aliphatic heterocycles. The molecule has 0 saturated heterocycles. The lowest BCUT2D eigenvalue weighted by Gasteiger charge is -2.07. The maximum absolute atomic E-state index is 5.53. The van der Waals surface area contributed by atoms with Crippen LogP contribution >= 0.6 is 31.9 Å². The molecule has 0 saturated carbocycles. The van der Waals surface area contributed by atoms with E-state index in [-0.39, 0.29) is 0 Å². The summed E-state index contributed by atoms with van der Waals surface area (Å²) in [5.74, 6) is 0.858. The zero-order valence-electron chi connectivity index (χ0n) is 10.4. The number of imidazole rings is 1. The fourth-order valence-electron chi connectivity index (χ4n) is 1.86. The first-order chi connectivity index (χ1) is 9.72. The molecule has 0 fully saturated rings. The number of hydrogen-bond donors (Lipinski definition) is 1. The van der Waals surface area contributed by atoms with Crippen molar-refractivity contribution in [3.05, 3.63) is 64.0 Å². The minimum Gasteiger partial charge on any atom is -0.451 e. The zero-order chi connectivity index (χ0) is 13.9. The highest BCUT2D eigenvalue weighted by atomic mass is 79.9. The van der Waals surface area contributed by atoms with E-state index in [1.807, 2.05) is 35.0 Å². The van der Waals surface area contributed by atoms with Gasteiger partial charge in [0.05, 0.1) is 17.3 Å². The van der Waals surface area contributed by atoms with Crippen molar-refractivity contribution in [1.82, 2.24) is 9.55 Å². The number of rotatable bonds is 4. The van der Waals surface area contributed by atoms with Gasteiger partial charge in [0.25, 0.3) is 0 Å². The molecule has 0 aliphatic carbocycles. The SMILES string of the molecule is Brc1cc(CNc2cccc(-n3ccnc3)c2)oc1Br. The number of nitrogens with one attached hydrogen (secondary N) is 1. The predicted molar refractivity (Wildman–Crippen MR) is 85.0 cm³/mol. The molecule has 4 nitrogen and oxygen atoms in total. The van der Waals surface area contributed by atoms with Crippen LogP contribution < -0.4 is 5.32 Å². The van der Waals surface area contributed by atoms with Crippen LogP contribution in [0.3, 0.4) is 0 Å². The predicted octanol–water partition coefficient (Wildman–Crippen LogP) is 4.60. The minimum absolute atomic E-state index is 0.623. The molecule has 2 aromatic heterocycles. The Kier molecular flexibility index (Phi) is 3.93. The van der Waals surface area contributed by atoms with Gasteiger partial charge in [0.15, 0.2) is 4.67 Å². The van der Waals surface area contributed by atoms with Crippen molar-refractivity contribution in [1.29, 1.82) is 0 Å². The van der Waals surface area contributed by atoms with Crippen LogP contribution in [0.1, 0.15) is 5.76 Å². The van der Waals surface area contributed by atoms with E-state index in [9.17, 15) is 0 Å². The van der Waals surface area contributed by atoms with Crippen LogP contribution in [0.25, 0.3) is 5.69 Å². The number of halogens is 2. The van der Waals surface area contributed by atoms with Crippen LogP contribution in [0.4, 0.5) is 5.69 Å². The fourth-order valence-corrected chi connectivity index (χ4v) is 2.51. The second-order valence-electron chi connectivity index (χ2n) is 4.21. The standard InChI is InChI=1S/C14H11Br2N3O/c15-13-7-12(20-14(13)16)8-18-10-2-1-3-11(6-10)19-5-4-17-9-19/h1-7,9,18H,8H2. The van der Waals surface area contributed by atoms with Gasteiger partial charge >= 0.3 is 0 Å². The Labute approximate surface area is 133 Å². The van der Waals surface area contributed by atoms with Gasteiger partial charge in [-0.3, -0.25) is 0 Å². The number of nitrogens with zero attached hydrogens (tertiary/aromatic N) is 2. The largest absolute Gasteiger partial charge is 0.451 e. The van der Waals surface area contributed by atoms with Crippen molar-refractivity contribution in [2.45, 2.75) is 6.54 Å². The van der Waals surface area contributed by atoms with E-state index in [1.54, 1.807) is 12.5 Å². The molecular formula is C14H11Br2N3O. The molecule has 0 atom stereocenters. The van der Waals surface area contributed by atoms with Crippen molar-refractivity contribution in [2.75, 3.05) is 5.32 Å². The molecule has 3 aromatic rings. The Morgan fingerprint density at radius 1 is 1.25 bits per heavy atom. The van der Waals surface area contributed by atoms with Crippen molar-refractivity contribution < 1.29 is 4.42 Å². The monoisotopic (exact) mass is 395 g/mol. The quantitative estimate of drug-likeness (QED) is 0.700. The maximum Gasteiger partial charge on any atom is 0.183 e. The van der Waals surface area contributed by atoms with Gasteiger partial charge < -0.3 is 14.3 Å². The third-order valence-corrected chi connectivity index (χ3v) is 4.52. The summed E-state index contributed by atoms with van der Waals surface area (Å²) >= 11 is 6.73. The number of anilines is 1. The summed E-state index contributed by atoms with van der Waals surface area (Å²) in [6.45, 7) is 0.623. The first kappa shape index (κ1) is 13.5. The molecule has 0 unspecified atom stereocenters. The second-order valence-corrected chi connectivity index (χ2v) is 5.78. The van der Waals surface area contributed by atoms with E-state index < -0.39 is 0 Å². The van der Waals surface area contributed by atoms with Gasteiger partial charge in [-0.15, -0.1) is 0 Å². The van der Waals surface area contributed by atoms with Crippen molar-refractivity contribution in [3.8, 4) is 5.69 Å². The van der Waals surface area contributed by atoms with E-state index in [2.05, 4.69) is 48.2 Å². The van der Waals surface area contributed by atoms with Gasteiger partial charge in [0.1, 0.15) is 5.76 Å². The van der Waals surface area contributed by atoms with E-state index in [0.717, 1.165) is 21.6 Å². The Hall–Kier alpha value is -1.53. The number of benzene rings is 1. The third kappa shape index (κ3) is 2.96. The molecule has 1 aromatic carbocycles. The molecule has 0 aliphatic rings. The molecule has 0 bridgehead atoms. The lowest BCUT2D eigenvalue weighted by atomic mass is 10.2. The average Bonchev–Trinajstić information content (AvgIpc) is 3.08. The third-order valence-electron chi connectivity index (χ3n) is 2.81. The Balaban J connectivity index is 1.73. The smallest absolute Gasteiger partial charge is 0.183 e. The highest BCUT2D eigenvalue weighted by molar-refractivity contribution is 9.13. The summed E-state index contributed by atoms with van der Waals surface area (Å²) in [4.78, 5) is 4.05. The zero-order valence-corrected chi connectivity index (χ0v) is 13.6. The number of aromatic nitrogens is 2. The van der Waals surface area contributed by atoms with Crippen LogP contribution in [0, 0.1) is 0 Å². The first-order valence-corrected chi connectivity index (χ1v) is 7.57. The van der Waals surface area contributed by atoms with Crippen LogP contribution in [0.15, 0.2) is 62.6 Å². The summed E-state index contributed by atoms with van der Waals surface area (Å²) in [6.07, 6.45) is 5.46. The summed E-state index contributed by atoms with van der Waals surface area (Å²) in [5.41, 5.74) is 2.09. The molecule has 102 valence electrons. The van der Waals surface area contributed by atoms with Crippen LogP contribution in [-0.4, -0.2) is 9.55 Å². The van der Waals surface area contributed by atoms with Gasteiger partial charge in [0, 0.05) is 23.8 Å². The Morgan fingerprint density at radius 2 is 2.15 bits per heavy atom. The molecular weight excluding hydrogens is 386 g/mol. The molecule has 6 heteroatoms. The molecule has 0 radical (unpaired) electrons. The maximum atomic E-state index is 5.53. The fraction of sp³-hybridized carbons (Fsp3) is 0.0714. The van der Waals surface area contributed by atoms with E-state index in [4.69, 9.17) is 4.42 Å². The number of hydrogen-bond acceptors (Lipinski definition) is 3. The van der Waals surface area contributed by atoms with E-state index >= 15 is 0 Å². The van der Waals surface area contributed by atoms with Crippen molar-refractivity contribution >= 4 is 37.5 Å². The summed E-state index contributed by atoms with van der Waals surface area (Å²) in [6, 6.07) is 10.1. The topological polar surface area (TPSA) is 43.0 Å². The van der Waals surface area contributed by atoms with Crippen LogP contribution in [0.2, 0.25) is 0 Å². The molecule has 1 N–H and O–H groups in total. The second kappa shape index (κ2) is 5.85. The van der Waals surface area contributed by atoms with Gasteiger partial charge in [-0.25, -0.2) is 4.98 Å². The lowest BCUT2D eigenvalue weighted by molar-refractivity contribution is 0.494. The molecule has 3 rings (SSSR count). The molecule has 20 heavy (non-hydrogen) atoms. The summed E-state index contributed by atoms with van der Waals surface area (Å²) < 4.78 is 9.12. The average molecular weight is 397 g/mol. The lowest BCUT2D eigenvalue weighted by Crippen LogP contribution is -1.99. The molecule has 0 spiro atoms. The normalized spacial score (nSPS) is 10.7. The van der Waals surface area contributed by atoms with Gasteiger partial charge in [-0.2, -0.15) is 0 Å². The van der Waals surface area contributed by atoms with Gasteiger partial charge in [-0.05, 0) is 56.1 Å². The van der Waals surface area contributed by atoms with Crippen molar-refractivity contribution in [2.24, 2.45) is 0 Å². The van der Waals surface area contributed by atoms with Crippen LogP contribution in [-0.2, 0) is 6.54 Å². The highest BCUT2D eigenvalue weighted by Crippen LogP contribution is 2.27. The van der Waals surface area contributed by atoms with E-state index in [0.29, 0.717) is 11.2 Å². The first-order valence-electron chi connectivity index (χ1n) is 5.98. The van der Waals surface area contributed by atoms with Gasteiger partial charge in [-0.1, -0.05) is 6.07 Å². The van der Waals surface area contributed by atoms with Gasteiger partial charge in [0.2, 0.25) is 0 Å².